The van der Waals surface area contributed by atoms with Gasteiger partial charge in [0.2, 0.25) is 0 Å². The Kier molecular flexibility index (Phi) is 5.21. The summed E-state index contributed by atoms with van der Waals surface area (Å²) in [5.74, 6) is 0. The standard InChI is InChI=1S/C17H24N4O/c1-14-16(10-19-20-14)9-18-11-17-13-21(7-8-22-17)12-15-5-3-2-4-6-15/h2-6,10,17-18H,7-9,11-13H2,1H3,(H,19,20). The normalized spacial score (nSPS) is 19.4. The Balaban J connectivity index is 1.43. The molecule has 0 spiro atoms. The molecule has 0 bridgehead atoms. The predicted molar refractivity (Wildman–Crippen MR) is 86.5 cm³/mol. The van der Waals surface area contributed by atoms with E-state index in [-0.39, 0.29) is 6.10 Å². The molecule has 0 aliphatic carbocycles. The number of rotatable bonds is 6. The molecule has 5 nitrogen and oxygen atoms in total. The molecule has 22 heavy (non-hydrogen) atoms. The average Bonchev–Trinajstić information content (AvgIpc) is 2.94. The van der Waals surface area contributed by atoms with Gasteiger partial charge in [-0.2, -0.15) is 5.10 Å². The van der Waals surface area contributed by atoms with Crippen molar-refractivity contribution < 1.29 is 4.74 Å². The number of nitrogens with one attached hydrogen (secondary N) is 2. The Morgan fingerprint density at radius 1 is 1.36 bits per heavy atom. The Labute approximate surface area is 131 Å². The largest absolute Gasteiger partial charge is 0.374 e. The summed E-state index contributed by atoms with van der Waals surface area (Å²) in [6.07, 6.45) is 2.14. The van der Waals surface area contributed by atoms with Gasteiger partial charge in [-0.05, 0) is 12.5 Å². The molecule has 1 aromatic heterocycles. The van der Waals surface area contributed by atoms with Crippen LogP contribution in [0.15, 0.2) is 36.5 Å². The van der Waals surface area contributed by atoms with Crippen molar-refractivity contribution in [1.82, 2.24) is 20.4 Å². The van der Waals surface area contributed by atoms with Crippen LogP contribution in [0.25, 0.3) is 0 Å². The first kappa shape index (κ1) is 15.2. The van der Waals surface area contributed by atoms with Crippen molar-refractivity contribution in [2.24, 2.45) is 0 Å². The van der Waals surface area contributed by atoms with Gasteiger partial charge in [-0.1, -0.05) is 30.3 Å². The molecule has 3 rings (SSSR count). The summed E-state index contributed by atoms with van der Waals surface area (Å²) in [5.41, 5.74) is 3.71. The van der Waals surface area contributed by atoms with Gasteiger partial charge in [0.25, 0.3) is 0 Å². The summed E-state index contributed by atoms with van der Waals surface area (Å²) in [6, 6.07) is 10.6. The van der Waals surface area contributed by atoms with Crippen LogP contribution in [0.3, 0.4) is 0 Å². The van der Waals surface area contributed by atoms with Crippen molar-refractivity contribution in [3.05, 3.63) is 53.3 Å². The van der Waals surface area contributed by atoms with E-state index in [9.17, 15) is 0 Å². The first-order valence-electron chi connectivity index (χ1n) is 7.88. The van der Waals surface area contributed by atoms with Gasteiger partial charge in [0.05, 0.1) is 18.9 Å². The third kappa shape index (κ3) is 4.16. The van der Waals surface area contributed by atoms with E-state index in [1.807, 2.05) is 13.1 Å². The molecule has 1 aliphatic rings. The van der Waals surface area contributed by atoms with Crippen LogP contribution >= 0.6 is 0 Å². The first-order valence-corrected chi connectivity index (χ1v) is 7.88. The van der Waals surface area contributed by atoms with Crippen LogP contribution in [0, 0.1) is 6.92 Å². The maximum Gasteiger partial charge on any atom is 0.0826 e. The highest BCUT2D eigenvalue weighted by molar-refractivity contribution is 5.15. The van der Waals surface area contributed by atoms with Gasteiger partial charge in [-0.15, -0.1) is 0 Å². The number of hydrogen-bond donors (Lipinski definition) is 2. The highest BCUT2D eigenvalue weighted by atomic mass is 16.5. The summed E-state index contributed by atoms with van der Waals surface area (Å²) in [7, 11) is 0. The minimum Gasteiger partial charge on any atom is -0.374 e. The van der Waals surface area contributed by atoms with Crippen LogP contribution in [0.5, 0.6) is 0 Å². The molecule has 0 saturated carbocycles. The number of aromatic amines is 1. The quantitative estimate of drug-likeness (QED) is 0.853. The highest BCUT2D eigenvalue weighted by Gasteiger charge is 2.20. The molecule has 1 fully saturated rings. The summed E-state index contributed by atoms with van der Waals surface area (Å²) in [6.45, 7) is 7.55. The van der Waals surface area contributed by atoms with Crippen LogP contribution in [0.1, 0.15) is 16.8 Å². The van der Waals surface area contributed by atoms with E-state index in [0.717, 1.165) is 45.0 Å². The highest BCUT2D eigenvalue weighted by Crippen LogP contribution is 2.10. The van der Waals surface area contributed by atoms with Crippen LogP contribution in [-0.2, 0) is 17.8 Å². The zero-order chi connectivity index (χ0) is 15.2. The Morgan fingerprint density at radius 3 is 3.00 bits per heavy atom. The van der Waals surface area contributed by atoms with E-state index in [1.165, 1.54) is 11.1 Å². The second-order valence-electron chi connectivity index (χ2n) is 5.86. The van der Waals surface area contributed by atoms with Crippen molar-refractivity contribution in [2.75, 3.05) is 26.2 Å². The third-order valence-corrected chi connectivity index (χ3v) is 4.09. The maximum absolute atomic E-state index is 5.87. The molecule has 1 saturated heterocycles. The molecular weight excluding hydrogens is 276 g/mol. The van der Waals surface area contributed by atoms with E-state index in [2.05, 4.69) is 50.7 Å². The molecular formula is C17H24N4O. The molecule has 1 unspecified atom stereocenters. The number of morpholine rings is 1. The van der Waals surface area contributed by atoms with E-state index in [4.69, 9.17) is 4.74 Å². The number of benzene rings is 1. The van der Waals surface area contributed by atoms with E-state index < -0.39 is 0 Å². The SMILES string of the molecule is Cc1[nH]ncc1CNCC1CN(Cc2ccccc2)CCO1. The summed E-state index contributed by atoms with van der Waals surface area (Å²) in [4.78, 5) is 2.47. The molecule has 2 heterocycles. The van der Waals surface area contributed by atoms with Gasteiger partial charge in [0, 0.05) is 44.0 Å². The van der Waals surface area contributed by atoms with Gasteiger partial charge < -0.3 is 10.1 Å². The minimum atomic E-state index is 0.254. The van der Waals surface area contributed by atoms with Gasteiger partial charge in [0.1, 0.15) is 0 Å². The van der Waals surface area contributed by atoms with Crippen molar-refractivity contribution >= 4 is 0 Å². The van der Waals surface area contributed by atoms with Gasteiger partial charge in [-0.3, -0.25) is 10.00 Å². The number of aromatic nitrogens is 2. The smallest absolute Gasteiger partial charge is 0.0826 e. The topological polar surface area (TPSA) is 53.2 Å². The van der Waals surface area contributed by atoms with Crippen molar-refractivity contribution in [3.63, 3.8) is 0 Å². The molecule has 0 radical (unpaired) electrons. The van der Waals surface area contributed by atoms with E-state index in [0.29, 0.717) is 0 Å². The fraction of sp³-hybridized carbons (Fsp3) is 0.471. The zero-order valence-corrected chi connectivity index (χ0v) is 13.1. The summed E-state index contributed by atoms with van der Waals surface area (Å²) in [5, 5.41) is 10.5. The monoisotopic (exact) mass is 300 g/mol. The summed E-state index contributed by atoms with van der Waals surface area (Å²) >= 11 is 0. The number of ether oxygens (including phenoxy) is 1. The van der Waals surface area contributed by atoms with Crippen molar-refractivity contribution in [3.8, 4) is 0 Å². The minimum absolute atomic E-state index is 0.254. The maximum atomic E-state index is 5.87. The molecule has 118 valence electrons. The van der Waals surface area contributed by atoms with Gasteiger partial charge in [-0.25, -0.2) is 0 Å². The number of aryl methyl sites for hydroxylation is 1. The average molecular weight is 300 g/mol. The van der Waals surface area contributed by atoms with Crippen molar-refractivity contribution in [2.45, 2.75) is 26.1 Å². The van der Waals surface area contributed by atoms with Crippen LogP contribution < -0.4 is 5.32 Å². The lowest BCUT2D eigenvalue weighted by Gasteiger charge is -2.33. The Bertz CT molecular complexity index is 569. The second-order valence-corrected chi connectivity index (χ2v) is 5.86. The van der Waals surface area contributed by atoms with Crippen LogP contribution in [0.4, 0.5) is 0 Å². The lowest BCUT2D eigenvalue weighted by molar-refractivity contribution is -0.0300. The fourth-order valence-electron chi connectivity index (χ4n) is 2.81. The summed E-state index contributed by atoms with van der Waals surface area (Å²) < 4.78 is 5.87. The Morgan fingerprint density at radius 2 is 2.23 bits per heavy atom. The lowest BCUT2D eigenvalue weighted by atomic mass is 10.2. The third-order valence-electron chi connectivity index (χ3n) is 4.09. The molecule has 5 heteroatoms. The second kappa shape index (κ2) is 7.54. The molecule has 1 aromatic carbocycles. The van der Waals surface area contributed by atoms with E-state index in [1.54, 1.807) is 0 Å². The lowest BCUT2D eigenvalue weighted by Crippen LogP contribution is -2.46. The van der Waals surface area contributed by atoms with E-state index >= 15 is 0 Å². The van der Waals surface area contributed by atoms with Gasteiger partial charge >= 0.3 is 0 Å². The Hall–Kier alpha value is -1.69. The van der Waals surface area contributed by atoms with Crippen LogP contribution in [-0.4, -0.2) is 47.4 Å². The first-order chi connectivity index (χ1) is 10.8. The molecule has 1 atom stereocenters. The molecule has 2 N–H and O–H groups in total. The zero-order valence-electron chi connectivity index (χ0n) is 13.1. The fourth-order valence-corrected chi connectivity index (χ4v) is 2.81. The van der Waals surface area contributed by atoms with Crippen LogP contribution in [0.2, 0.25) is 0 Å². The molecule has 0 amide bonds. The molecule has 1 aliphatic heterocycles. The van der Waals surface area contributed by atoms with Crippen molar-refractivity contribution in [1.29, 1.82) is 0 Å². The number of H-pyrrole nitrogens is 1. The number of hydrogen-bond acceptors (Lipinski definition) is 4. The number of nitrogens with zero attached hydrogens (tertiary/aromatic N) is 2. The van der Waals surface area contributed by atoms with Gasteiger partial charge in [0.15, 0.2) is 0 Å². The predicted octanol–water partition coefficient (Wildman–Crippen LogP) is 1.71. The molecule has 2 aromatic rings.